The number of nitrogens with zero attached hydrogens (tertiary/aromatic N) is 3. The molecule has 3 rings (SSSR count). The van der Waals surface area contributed by atoms with Gasteiger partial charge in [-0.1, -0.05) is 0 Å². The van der Waals surface area contributed by atoms with Crippen LogP contribution in [0.4, 0.5) is 5.82 Å². The number of nitrogens with one attached hydrogen (secondary N) is 1. The van der Waals surface area contributed by atoms with Crippen LogP contribution in [0.5, 0.6) is 5.88 Å². The van der Waals surface area contributed by atoms with Gasteiger partial charge in [0.15, 0.2) is 0 Å². The molecule has 1 aliphatic heterocycles. The summed E-state index contributed by atoms with van der Waals surface area (Å²) in [5.41, 5.74) is -0.343. The molecule has 2 aromatic heterocycles. The number of rotatable bonds is 5. The topological polar surface area (TPSA) is 129 Å². The number of pyridine rings is 1. The van der Waals surface area contributed by atoms with E-state index in [9.17, 15) is 9.36 Å². The van der Waals surface area contributed by atoms with Crippen LogP contribution < -0.4 is 15.2 Å². The molecule has 0 atom stereocenters. The molecule has 0 aliphatic carbocycles. The van der Waals surface area contributed by atoms with Crippen molar-refractivity contribution in [2.24, 2.45) is 5.92 Å². The van der Waals surface area contributed by atoms with Crippen LogP contribution >= 0.6 is 7.60 Å². The van der Waals surface area contributed by atoms with Crippen molar-refractivity contribution in [3.05, 3.63) is 22.6 Å². The molecule has 0 bridgehead atoms. The normalized spacial score (nSPS) is 16.4. The Morgan fingerprint density at radius 2 is 2.12 bits per heavy atom. The lowest BCUT2D eigenvalue weighted by atomic mass is 9.94. The summed E-state index contributed by atoms with van der Waals surface area (Å²) in [6.07, 6.45) is 3.72. The molecule has 0 aromatic carbocycles. The summed E-state index contributed by atoms with van der Waals surface area (Å²) >= 11 is 0. The minimum Gasteiger partial charge on any atom is -0.480 e. The van der Waals surface area contributed by atoms with Gasteiger partial charge in [-0.05, 0) is 31.2 Å². The fourth-order valence-electron chi connectivity index (χ4n) is 3.18. The second-order valence-corrected chi connectivity index (χ2v) is 8.04. The number of hydrogen-bond acceptors (Lipinski definition) is 6. The number of aromatic amines is 1. The van der Waals surface area contributed by atoms with Crippen LogP contribution in [0.25, 0.3) is 10.8 Å². The van der Waals surface area contributed by atoms with Crippen LogP contribution in [0.15, 0.2) is 17.1 Å². The van der Waals surface area contributed by atoms with Crippen molar-refractivity contribution in [1.82, 2.24) is 15.2 Å². The molecule has 9 nitrogen and oxygen atoms in total. The zero-order valence-electron chi connectivity index (χ0n) is 13.9. The lowest BCUT2D eigenvalue weighted by Gasteiger charge is -2.33. The fraction of sp³-hybridized carbons (Fsp3) is 0.533. The SMILES string of the molecule is COc1nc(N2CCC(CCP(=O)(O)O)CC2)cc2cn[nH]c(=O)c12. The third-order valence-corrected chi connectivity index (χ3v) is 5.40. The number of H-pyrrole nitrogens is 1. The molecular weight excluding hydrogens is 347 g/mol. The number of piperidine rings is 1. The number of aromatic nitrogens is 3. The van der Waals surface area contributed by atoms with Crippen LogP contribution in [0.2, 0.25) is 0 Å². The van der Waals surface area contributed by atoms with Crippen LogP contribution in [0, 0.1) is 5.92 Å². The smallest absolute Gasteiger partial charge is 0.325 e. The fourth-order valence-corrected chi connectivity index (χ4v) is 3.89. The number of anilines is 1. The van der Waals surface area contributed by atoms with Gasteiger partial charge in [0.1, 0.15) is 11.2 Å². The van der Waals surface area contributed by atoms with Gasteiger partial charge in [0, 0.05) is 18.5 Å². The van der Waals surface area contributed by atoms with Gasteiger partial charge in [-0.3, -0.25) is 9.36 Å². The van der Waals surface area contributed by atoms with Gasteiger partial charge in [-0.25, -0.2) is 5.10 Å². The Kier molecular flexibility index (Phi) is 5.08. The van der Waals surface area contributed by atoms with Crippen LogP contribution in [-0.2, 0) is 4.57 Å². The molecule has 3 heterocycles. The zero-order chi connectivity index (χ0) is 18.0. The van der Waals surface area contributed by atoms with E-state index in [1.807, 2.05) is 6.07 Å². The molecule has 3 N–H and O–H groups in total. The molecule has 1 saturated heterocycles. The van der Waals surface area contributed by atoms with Crippen molar-refractivity contribution in [2.75, 3.05) is 31.3 Å². The predicted octanol–water partition coefficient (Wildman–Crippen LogP) is 1.11. The number of methoxy groups -OCH3 is 1. The Hall–Kier alpha value is -1.96. The molecule has 1 fully saturated rings. The van der Waals surface area contributed by atoms with E-state index >= 15 is 0 Å². The van der Waals surface area contributed by atoms with Gasteiger partial charge in [-0.15, -0.1) is 0 Å². The van der Waals surface area contributed by atoms with Crippen molar-refractivity contribution in [2.45, 2.75) is 19.3 Å². The molecule has 10 heteroatoms. The van der Waals surface area contributed by atoms with Crippen LogP contribution in [0.1, 0.15) is 19.3 Å². The number of ether oxygens (including phenoxy) is 1. The molecule has 2 aromatic rings. The van der Waals surface area contributed by atoms with Crippen molar-refractivity contribution in [3.8, 4) is 5.88 Å². The van der Waals surface area contributed by atoms with E-state index in [1.165, 1.54) is 7.11 Å². The van der Waals surface area contributed by atoms with E-state index in [2.05, 4.69) is 20.1 Å². The highest BCUT2D eigenvalue weighted by atomic mass is 31.2. The highest BCUT2D eigenvalue weighted by Gasteiger charge is 2.24. The molecule has 0 radical (unpaired) electrons. The molecule has 0 unspecified atom stereocenters. The third kappa shape index (κ3) is 4.18. The van der Waals surface area contributed by atoms with Crippen molar-refractivity contribution in [3.63, 3.8) is 0 Å². The third-order valence-electron chi connectivity index (χ3n) is 4.56. The maximum absolute atomic E-state index is 11.9. The molecular formula is C15H21N4O5P. The van der Waals surface area contributed by atoms with E-state index < -0.39 is 7.60 Å². The first-order valence-corrected chi connectivity index (χ1v) is 9.89. The standard InChI is InChI=1S/C15H21N4O5P/c1-24-15-13-11(9-16-18-14(13)20)8-12(17-15)19-5-2-10(3-6-19)4-7-25(21,22)23/h8-10H,2-7H2,1H3,(H,18,20)(H2,21,22,23). The summed E-state index contributed by atoms with van der Waals surface area (Å²) in [5, 5.41) is 7.23. The average molecular weight is 368 g/mol. The summed E-state index contributed by atoms with van der Waals surface area (Å²) in [7, 11) is -2.46. The number of hydrogen-bond donors (Lipinski definition) is 3. The van der Waals surface area contributed by atoms with Crippen LogP contribution in [0.3, 0.4) is 0 Å². The summed E-state index contributed by atoms with van der Waals surface area (Å²) in [4.78, 5) is 36.5. The van der Waals surface area contributed by atoms with Crippen molar-refractivity contribution >= 4 is 24.2 Å². The van der Waals surface area contributed by atoms with Gasteiger partial charge < -0.3 is 19.4 Å². The molecule has 25 heavy (non-hydrogen) atoms. The number of fused-ring (bicyclic) bond motifs is 1. The quantitative estimate of drug-likeness (QED) is 0.670. The molecule has 0 amide bonds. The second kappa shape index (κ2) is 7.11. The summed E-state index contributed by atoms with van der Waals surface area (Å²) < 4.78 is 16.3. The Morgan fingerprint density at radius 3 is 2.76 bits per heavy atom. The lowest BCUT2D eigenvalue weighted by Crippen LogP contribution is -2.34. The van der Waals surface area contributed by atoms with Gasteiger partial charge in [0.05, 0.1) is 19.5 Å². The minimum atomic E-state index is -3.93. The van der Waals surface area contributed by atoms with E-state index in [4.69, 9.17) is 14.5 Å². The molecule has 0 saturated carbocycles. The summed E-state index contributed by atoms with van der Waals surface area (Å²) in [6, 6.07) is 1.82. The predicted molar refractivity (Wildman–Crippen MR) is 93.2 cm³/mol. The van der Waals surface area contributed by atoms with E-state index in [1.54, 1.807) is 6.20 Å². The average Bonchev–Trinajstić information content (AvgIpc) is 2.59. The Morgan fingerprint density at radius 1 is 1.40 bits per heavy atom. The zero-order valence-corrected chi connectivity index (χ0v) is 14.8. The summed E-state index contributed by atoms with van der Waals surface area (Å²) in [6.45, 7) is 1.48. The summed E-state index contributed by atoms with van der Waals surface area (Å²) in [5.74, 6) is 1.28. The maximum Gasteiger partial charge on any atom is 0.325 e. The van der Waals surface area contributed by atoms with E-state index in [-0.39, 0.29) is 17.6 Å². The first-order valence-electron chi connectivity index (χ1n) is 8.09. The monoisotopic (exact) mass is 368 g/mol. The molecule has 136 valence electrons. The minimum absolute atomic E-state index is 0.0613. The largest absolute Gasteiger partial charge is 0.480 e. The Bertz CT molecular complexity index is 857. The van der Waals surface area contributed by atoms with Crippen molar-refractivity contribution in [1.29, 1.82) is 0 Å². The first kappa shape index (κ1) is 17.8. The van der Waals surface area contributed by atoms with Crippen molar-refractivity contribution < 1.29 is 19.1 Å². The highest BCUT2D eigenvalue weighted by Crippen LogP contribution is 2.38. The Labute approximate surface area is 144 Å². The maximum atomic E-state index is 11.9. The lowest BCUT2D eigenvalue weighted by molar-refractivity contribution is 0.349. The molecule has 0 spiro atoms. The first-order chi connectivity index (χ1) is 11.9. The highest BCUT2D eigenvalue weighted by molar-refractivity contribution is 7.51. The van der Waals surface area contributed by atoms with Gasteiger partial charge in [0.25, 0.3) is 5.56 Å². The van der Waals surface area contributed by atoms with Gasteiger partial charge >= 0.3 is 7.60 Å². The Balaban J connectivity index is 1.75. The van der Waals surface area contributed by atoms with Gasteiger partial charge in [0.2, 0.25) is 5.88 Å². The van der Waals surface area contributed by atoms with E-state index in [0.29, 0.717) is 28.9 Å². The molecule has 1 aliphatic rings. The van der Waals surface area contributed by atoms with Gasteiger partial charge in [-0.2, -0.15) is 10.1 Å². The van der Waals surface area contributed by atoms with E-state index in [0.717, 1.165) is 25.9 Å². The second-order valence-electron chi connectivity index (χ2n) is 6.26. The van der Waals surface area contributed by atoms with Crippen LogP contribution in [-0.4, -0.2) is 51.3 Å².